The normalized spacial score (nSPS) is 14.0. The van der Waals surface area contributed by atoms with Crippen LogP contribution >= 0.6 is 0 Å². The first-order chi connectivity index (χ1) is 13.4. The molecule has 146 valence electrons. The summed E-state index contributed by atoms with van der Waals surface area (Å²) in [5.74, 6) is -2.44. The highest BCUT2D eigenvalue weighted by Gasteiger charge is 2.35. The third-order valence-corrected chi connectivity index (χ3v) is 4.67. The zero-order valence-corrected chi connectivity index (χ0v) is 15.4. The number of rotatable bonds is 6. The molecule has 2 amide bonds. The third-order valence-electron chi connectivity index (χ3n) is 4.67. The topological polar surface area (TPSA) is 60.9 Å². The van der Waals surface area contributed by atoms with Gasteiger partial charge in [0.2, 0.25) is 0 Å². The second-order valence-corrected chi connectivity index (χ2v) is 6.68. The van der Waals surface area contributed by atoms with Gasteiger partial charge in [-0.15, -0.1) is 0 Å². The summed E-state index contributed by atoms with van der Waals surface area (Å²) in [6.07, 6.45) is 0.276. The Hall–Kier alpha value is -3.22. The number of carbonyl (C=O) groups is 2. The number of carbonyl (C=O) groups excluding carboxylic acids is 2. The lowest BCUT2D eigenvalue weighted by Crippen LogP contribution is -2.32. The van der Waals surface area contributed by atoms with Gasteiger partial charge in [-0.25, -0.2) is 8.78 Å². The van der Waals surface area contributed by atoms with E-state index in [9.17, 15) is 23.5 Å². The van der Waals surface area contributed by atoms with Crippen LogP contribution in [0.15, 0.2) is 59.9 Å². The molecule has 1 heterocycles. The number of amides is 2. The maximum absolute atomic E-state index is 13.7. The van der Waals surface area contributed by atoms with Crippen molar-refractivity contribution in [3.63, 3.8) is 0 Å². The van der Waals surface area contributed by atoms with Gasteiger partial charge in [0, 0.05) is 20.1 Å². The minimum atomic E-state index is -0.644. The van der Waals surface area contributed by atoms with Crippen LogP contribution < -0.4 is 0 Å². The van der Waals surface area contributed by atoms with E-state index in [1.54, 1.807) is 37.4 Å². The van der Waals surface area contributed by atoms with Crippen LogP contribution in [0, 0.1) is 11.6 Å². The van der Waals surface area contributed by atoms with Gasteiger partial charge in [0.15, 0.2) is 5.76 Å². The van der Waals surface area contributed by atoms with Crippen LogP contribution in [-0.4, -0.2) is 46.9 Å². The third kappa shape index (κ3) is 4.19. The first-order valence-corrected chi connectivity index (χ1v) is 8.81. The average molecular weight is 386 g/mol. The summed E-state index contributed by atoms with van der Waals surface area (Å²) in [6, 6.07) is 12.0. The van der Waals surface area contributed by atoms with Crippen LogP contribution in [0.2, 0.25) is 0 Å². The van der Waals surface area contributed by atoms with Gasteiger partial charge in [0.05, 0.1) is 12.1 Å². The second kappa shape index (κ2) is 8.21. The standard InChI is InChI=1S/C21H20F2N2O3/c1-24(12-14-6-8-16(22)9-7-14)20(27)17-13-25(21(28)19(17)26)11-10-15-4-2-3-5-18(15)23/h2-9,26H,10-13H2,1H3. The molecular weight excluding hydrogens is 366 g/mol. The van der Waals surface area contributed by atoms with Crippen LogP contribution in [0.1, 0.15) is 11.1 Å². The Balaban J connectivity index is 1.63. The fraction of sp³-hybridized carbons (Fsp3) is 0.238. The molecule has 0 aliphatic carbocycles. The van der Waals surface area contributed by atoms with Gasteiger partial charge in [0.25, 0.3) is 11.8 Å². The molecule has 3 rings (SSSR count). The summed E-state index contributed by atoms with van der Waals surface area (Å²) in [7, 11) is 1.54. The monoisotopic (exact) mass is 386 g/mol. The largest absolute Gasteiger partial charge is 0.503 e. The second-order valence-electron chi connectivity index (χ2n) is 6.68. The van der Waals surface area contributed by atoms with Crippen molar-refractivity contribution in [1.82, 2.24) is 9.80 Å². The fourth-order valence-corrected chi connectivity index (χ4v) is 3.09. The number of hydrogen-bond donors (Lipinski definition) is 1. The smallest absolute Gasteiger partial charge is 0.289 e. The summed E-state index contributed by atoms with van der Waals surface area (Å²) in [5.41, 5.74) is 1.18. The first-order valence-electron chi connectivity index (χ1n) is 8.81. The quantitative estimate of drug-likeness (QED) is 0.831. The molecule has 0 radical (unpaired) electrons. The van der Waals surface area contributed by atoms with Crippen molar-refractivity contribution in [3.8, 4) is 0 Å². The zero-order valence-electron chi connectivity index (χ0n) is 15.4. The molecule has 0 aromatic heterocycles. The highest BCUT2D eigenvalue weighted by molar-refractivity contribution is 6.06. The molecule has 0 atom stereocenters. The maximum atomic E-state index is 13.7. The van der Waals surface area contributed by atoms with Gasteiger partial charge in [-0.2, -0.15) is 0 Å². The number of likely N-dealkylation sites (N-methyl/N-ethyl adjacent to an activating group) is 1. The first kappa shape index (κ1) is 19.5. The van der Waals surface area contributed by atoms with Crippen molar-refractivity contribution in [2.45, 2.75) is 13.0 Å². The summed E-state index contributed by atoms with van der Waals surface area (Å²) < 4.78 is 26.7. The Labute approximate surface area is 161 Å². The molecule has 1 aliphatic heterocycles. The molecule has 1 aliphatic rings. The number of halogens is 2. The molecule has 2 aromatic rings. The fourth-order valence-electron chi connectivity index (χ4n) is 3.09. The Morgan fingerprint density at radius 1 is 1.14 bits per heavy atom. The lowest BCUT2D eigenvalue weighted by atomic mass is 10.1. The van der Waals surface area contributed by atoms with E-state index in [0.29, 0.717) is 5.56 Å². The van der Waals surface area contributed by atoms with E-state index in [0.717, 1.165) is 5.56 Å². The number of aliphatic hydroxyl groups excluding tert-OH is 1. The van der Waals surface area contributed by atoms with Gasteiger partial charge in [-0.1, -0.05) is 30.3 Å². The van der Waals surface area contributed by atoms with Crippen molar-refractivity contribution in [2.75, 3.05) is 20.1 Å². The average Bonchev–Trinajstić information content (AvgIpc) is 2.97. The van der Waals surface area contributed by atoms with E-state index in [-0.39, 0.29) is 43.3 Å². The predicted molar refractivity (Wildman–Crippen MR) is 99.2 cm³/mol. The van der Waals surface area contributed by atoms with Crippen molar-refractivity contribution in [1.29, 1.82) is 0 Å². The Morgan fingerprint density at radius 3 is 2.50 bits per heavy atom. The molecule has 7 heteroatoms. The van der Waals surface area contributed by atoms with Crippen LogP contribution in [0.3, 0.4) is 0 Å². The Bertz CT molecular complexity index is 926. The highest BCUT2D eigenvalue weighted by atomic mass is 19.1. The zero-order chi connectivity index (χ0) is 20.3. The molecule has 0 unspecified atom stereocenters. The highest BCUT2D eigenvalue weighted by Crippen LogP contribution is 2.21. The molecular formula is C21H20F2N2O3. The number of aliphatic hydroxyl groups is 1. The Kier molecular flexibility index (Phi) is 5.73. The van der Waals surface area contributed by atoms with E-state index in [2.05, 4.69) is 0 Å². The minimum Gasteiger partial charge on any atom is -0.503 e. The molecule has 2 aromatic carbocycles. The molecule has 0 spiro atoms. The summed E-state index contributed by atoms with van der Waals surface area (Å²) in [4.78, 5) is 27.6. The molecule has 0 bridgehead atoms. The van der Waals surface area contributed by atoms with Crippen LogP contribution in [0.4, 0.5) is 8.78 Å². The SMILES string of the molecule is CN(Cc1ccc(F)cc1)C(=O)C1=C(O)C(=O)N(CCc2ccccc2F)C1. The van der Waals surface area contributed by atoms with Crippen molar-refractivity contribution in [2.24, 2.45) is 0 Å². The van der Waals surface area contributed by atoms with Crippen molar-refractivity contribution < 1.29 is 23.5 Å². The molecule has 1 N–H and O–H groups in total. The lowest BCUT2D eigenvalue weighted by molar-refractivity contribution is -0.128. The van der Waals surface area contributed by atoms with E-state index < -0.39 is 17.6 Å². The minimum absolute atomic E-state index is 0.00291. The van der Waals surface area contributed by atoms with E-state index in [1.165, 1.54) is 28.0 Å². The summed E-state index contributed by atoms with van der Waals surface area (Å²) in [6.45, 7) is 0.354. The summed E-state index contributed by atoms with van der Waals surface area (Å²) >= 11 is 0. The summed E-state index contributed by atoms with van der Waals surface area (Å²) in [5, 5.41) is 10.1. The van der Waals surface area contributed by atoms with Crippen LogP contribution in [-0.2, 0) is 22.6 Å². The molecule has 0 saturated heterocycles. The van der Waals surface area contributed by atoms with Crippen molar-refractivity contribution in [3.05, 3.63) is 82.6 Å². The van der Waals surface area contributed by atoms with Crippen LogP contribution in [0.25, 0.3) is 0 Å². The molecule has 5 nitrogen and oxygen atoms in total. The number of nitrogens with zero attached hydrogens (tertiary/aromatic N) is 2. The number of hydrogen-bond acceptors (Lipinski definition) is 3. The van der Waals surface area contributed by atoms with Crippen molar-refractivity contribution >= 4 is 11.8 Å². The van der Waals surface area contributed by atoms with Gasteiger partial charge >= 0.3 is 0 Å². The predicted octanol–water partition coefficient (Wildman–Crippen LogP) is 2.82. The van der Waals surface area contributed by atoms with Gasteiger partial charge < -0.3 is 14.9 Å². The lowest BCUT2D eigenvalue weighted by Gasteiger charge is -2.19. The molecule has 0 saturated carbocycles. The van der Waals surface area contributed by atoms with Gasteiger partial charge in [-0.05, 0) is 35.7 Å². The maximum Gasteiger partial charge on any atom is 0.289 e. The Morgan fingerprint density at radius 2 is 1.82 bits per heavy atom. The molecule has 28 heavy (non-hydrogen) atoms. The van der Waals surface area contributed by atoms with E-state index in [4.69, 9.17) is 0 Å². The van der Waals surface area contributed by atoms with Gasteiger partial charge in [-0.3, -0.25) is 9.59 Å². The van der Waals surface area contributed by atoms with Crippen LogP contribution in [0.5, 0.6) is 0 Å². The van der Waals surface area contributed by atoms with E-state index in [1.807, 2.05) is 0 Å². The van der Waals surface area contributed by atoms with Gasteiger partial charge in [0.1, 0.15) is 11.6 Å². The molecule has 0 fully saturated rings. The number of benzene rings is 2. The van der Waals surface area contributed by atoms with E-state index >= 15 is 0 Å².